The number of aryl methyl sites for hydroxylation is 2. The average Bonchev–Trinajstić information content (AvgIpc) is 3.01. The highest BCUT2D eigenvalue weighted by atomic mass is 32.2. The Bertz CT molecular complexity index is 784. The van der Waals surface area contributed by atoms with Crippen molar-refractivity contribution in [3.05, 3.63) is 47.0 Å². The van der Waals surface area contributed by atoms with Crippen molar-refractivity contribution < 1.29 is 9.32 Å². The molecule has 2 aromatic rings. The Morgan fingerprint density at radius 2 is 1.68 bits per heavy atom. The van der Waals surface area contributed by atoms with Crippen molar-refractivity contribution in [2.24, 2.45) is 0 Å². The summed E-state index contributed by atoms with van der Waals surface area (Å²) in [4.78, 5) is 0. The molecule has 2 heterocycles. The van der Waals surface area contributed by atoms with E-state index in [0.29, 0.717) is 12.8 Å². The number of hydrogen-bond acceptors (Lipinski definition) is 2. The zero-order valence-corrected chi connectivity index (χ0v) is 13.4. The summed E-state index contributed by atoms with van der Waals surface area (Å²) in [6.07, 6.45) is 5.58. The maximum Gasteiger partial charge on any atom is 0.0925 e. The molecule has 0 saturated carbocycles. The van der Waals surface area contributed by atoms with Crippen LogP contribution >= 0.6 is 0 Å². The molecule has 2 bridgehead atoms. The van der Waals surface area contributed by atoms with E-state index in [-0.39, 0.29) is 10.5 Å². The largest absolute Gasteiger partial charge is 0.385 e. The Kier molecular flexibility index (Phi) is 2.67. The van der Waals surface area contributed by atoms with Gasteiger partial charge in [-0.15, -0.1) is 0 Å². The van der Waals surface area contributed by atoms with Crippen molar-refractivity contribution in [3.63, 3.8) is 0 Å². The molecule has 0 aromatic heterocycles. The van der Waals surface area contributed by atoms with E-state index in [1.165, 1.54) is 21.9 Å². The fourth-order valence-corrected chi connectivity index (χ4v) is 7.11. The Hall–Kier alpha value is -1.19. The Morgan fingerprint density at radius 3 is 2.41 bits per heavy atom. The first-order valence-electron chi connectivity index (χ1n) is 8.31. The first-order chi connectivity index (χ1) is 10.7. The van der Waals surface area contributed by atoms with E-state index in [9.17, 15) is 9.32 Å². The van der Waals surface area contributed by atoms with Crippen molar-refractivity contribution in [3.8, 4) is 0 Å². The van der Waals surface area contributed by atoms with Crippen LogP contribution in [0.4, 0.5) is 0 Å². The van der Waals surface area contributed by atoms with Crippen LogP contribution in [0.5, 0.6) is 0 Å². The van der Waals surface area contributed by atoms with Crippen LogP contribution in [0.1, 0.15) is 42.4 Å². The van der Waals surface area contributed by atoms with Crippen molar-refractivity contribution in [1.82, 2.24) is 0 Å². The monoisotopic (exact) mass is 312 g/mol. The summed E-state index contributed by atoms with van der Waals surface area (Å²) in [5.41, 5.74) is 3.11. The number of rotatable bonds is 1. The van der Waals surface area contributed by atoms with Crippen molar-refractivity contribution in [1.29, 1.82) is 0 Å². The predicted molar refractivity (Wildman–Crippen MR) is 89.4 cm³/mol. The highest BCUT2D eigenvalue weighted by Gasteiger charge is 2.48. The lowest BCUT2D eigenvalue weighted by atomic mass is 9.82. The molecule has 1 N–H and O–H groups in total. The molecule has 2 aliphatic heterocycles. The van der Waals surface area contributed by atoms with Gasteiger partial charge in [-0.3, -0.25) is 4.21 Å². The lowest BCUT2D eigenvalue weighted by Crippen LogP contribution is -2.40. The quantitative estimate of drug-likeness (QED) is 0.878. The van der Waals surface area contributed by atoms with E-state index in [4.69, 9.17) is 0 Å². The highest BCUT2D eigenvalue weighted by molar-refractivity contribution is 7.86. The summed E-state index contributed by atoms with van der Waals surface area (Å²) in [6.45, 7) is 0. The molecule has 0 spiro atoms. The summed E-state index contributed by atoms with van der Waals surface area (Å²) in [5, 5.41) is 14.4. The fourth-order valence-electron chi connectivity index (χ4n) is 4.95. The summed E-state index contributed by atoms with van der Waals surface area (Å²) in [5.74, 6) is 0. The van der Waals surface area contributed by atoms with Gasteiger partial charge in [0.05, 0.1) is 5.60 Å². The van der Waals surface area contributed by atoms with E-state index >= 15 is 0 Å². The number of aliphatic hydroxyl groups is 1. The van der Waals surface area contributed by atoms with Crippen molar-refractivity contribution in [2.75, 3.05) is 0 Å². The highest BCUT2D eigenvalue weighted by Crippen LogP contribution is 2.48. The summed E-state index contributed by atoms with van der Waals surface area (Å²) in [6, 6.07) is 10.8. The second kappa shape index (κ2) is 4.42. The van der Waals surface area contributed by atoms with Gasteiger partial charge in [-0.1, -0.05) is 30.3 Å². The third-order valence-corrected chi connectivity index (χ3v) is 8.10. The van der Waals surface area contributed by atoms with Crippen LogP contribution in [0.25, 0.3) is 10.8 Å². The van der Waals surface area contributed by atoms with Crippen LogP contribution < -0.4 is 0 Å². The first-order valence-corrected chi connectivity index (χ1v) is 9.59. The van der Waals surface area contributed by atoms with E-state index in [0.717, 1.165) is 31.2 Å². The maximum absolute atomic E-state index is 12.3. The van der Waals surface area contributed by atoms with Gasteiger partial charge in [0.15, 0.2) is 0 Å². The number of benzene rings is 2. The Morgan fingerprint density at radius 1 is 1.00 bits per heavy atom. The minimum atomic E-state index is -0.792. The van der Waals surface area contributed by atoms with Gasteiger partial charge < -0.3 is 5.11 Å². The summed E-state index contributed by atoms with van der Waals surface area (Å²) < 4.78 is 12.3. The van der Waals surface area contributed by atoms with Gasteiger partial charge in [-0.05, 0) is 66.0 Å². The Labute approximate surface area is 133 Å². The second-order valence-electron chi connectivity index (χ2n) is 7.20. The van der Waals surface area contributed by atoms with Gasteiger partial charge in [0.25, 0.3) is 0 Å². The third kappa shape index (κ3) is 1.67. The molecule has 3 heteroatoms. The number of hydrogen-bond donors (Lipinski definition) is 1. The van der Waals surface area contributed by atoms with Crippen LogP contribution in [-0.4, -0.2) is 19.8 Å². The molecule has 5 rings (SSSR count). The van der Waals surface area contributed by atoms with E-state index in [2.05, 4.69) is 30.3 Å². The minimum absolute atomic E-state index is 0.187. The standard InChI is InChI=1S/C19H20O2S/c20-19(10-14-7-8-15(11-19)22(14)21)17-9-6-13-5-4-12-2-1-3-16(17)18(12)13/h1-3,6,9,14-15,20H,4-5,7-8,10-11H2. The van der Waals surface area contributed by atoms with E-state index in [1.54, 1.807) is 0 Å². The van der Waals surface area contributed by atoms with Gasteiger partial charge in [-0.25, -0.2) is 0 Å². The SMILES string of the molecule is O=S1C2CCC1CC(O)(c1ccc3c4c(cccc14)CC3)C2. The zero-order valence-electron chi connectivity index (χ0n) is 12.5. The second-order valence-corrected chi connectivity index (χ2v) is 9.19. The van der Waals surface area contributed by atoms with Crippen LogP contribution in [0.15, 0.2) is 30.3 Å². The number of fused-ring (bicyclic) bond motifs is 2. The van der Waals surface area contributed by atoms with Crippen molar-refractivity contribution >= 4 is 21.6 Å². The Balaban J connectivity index is 1.70. The lowest BCUT2D eigenvalue weighted by Gasteiger charge is -2.37. The van der Waals surface area contributed by atoms with Crippen LogP contribution in [0.2, 0.25) is 0 Å². The van der Waals surface area contributed by atoms with Gasteiger partial charge in [0, 0.05) is 21.3 Å². The molecule has 2 nitrogen and oxygen atoms in total. The minimum Gasteiger partial charge on any atom is -0.385 e. The van der Waals surface area contributed by atoms with E-state index in [1.807, 2.05) is 0 Å². The third-order valence-electron chi connectivity index (χ3n) is 5.98. The van der Waals surface area contributed by atoms with Gasteiger partial charge >= 0.3 is 0 Å². The smallest absolute Gasteiger partial charge is 0.0925 e. The molecule has 114 valence electrons. The summed E-state index contributed by atoms with van der Waals surface area (Å²) in [7, 11) is -0.729. The molecule has 2 fully saturated rings. The molecule has 2 aromatic carbocycles. The van der Waals surface area contributed by atoms with Crippen molar-refractivity contribution in [2.45, 2.75) is 54.6 Å². The lowest BCUT2D eigenvalue weighted by molar-refractivity contribution is 0.0199. The molecular weight excluding hydrogens is 292 g/mol. The molecule has 0 amide bonds. The van der Waals surface area contributed by atoms with Crippen LogP contribution in [-0.2, 0) is 29.2 Å². The van der Waals surface area contributed by atoms with Crippen LogP contribution in [0.3, 0.4) is 0 Å². The van der Waals surface area contributed by atoms with Gasteiger partial charge in [0.1, 0.15) is 0 Å². The van der Waals surface area contributed by atoms with E-state index < -0.39 is 16.4 Å². The fraction of sp³-hybridized carbons (Fsp3) is 0.474. The average molecular weight is 312 g/mol. The molecule has 3 aliphatic rings. The normalized spacial score (nSPS) is 36.1. The first kappa shape index (κ1) is 13.3. The predicted octanol–water partition coefficient (Wildman–Crippen LogP) is 3.20. The molecule has 2 saturated heterocycles. The maximum atomic E-state index is 12.3. The topological polar surface area (TPSA) is 37.3 Å². The molecule has 22 heavy (non-hydrogen) atoms. The molecule has 0 radical (unpaired) electrons. The van der Waals surface area contributed by atoms with Crippen LogP contribution in [0, 0.1) is 0 Å². The molecule has 1 aliphatic carbocycles. The molecular formula is C19H20O2S. The van der Waals surface area contributed by atoms with Gasteiger partial charge in [0.2, 0.25) is 0 Å². The summed E-state index contributed by atoms with van der Waals surface area (Å²) >= 11 is 0. The van der Waals surface area contributed by atoms with Gasteiger partial charge in [-0.2, -0.15) is 0 Å². The zero-order chi connectivity index (χ0) is 14.9. The molecule has 2 atom stereocenters. The molecule has 2 unspecified atom stereocenters.